The first-order valence-electron chi connectivity index (χ1n) is 9.14. The van der Waals surface area contributed by atoms with Crippen LogP contribution >= 0.6 is 0 Å². The number of hydrogen-bond donors (Lipinski definition) is 1. The lowest BCUT2D eigenvalue weighted by Gasteiger charge is -2.36. The summed E-state index contributed by atoms with van der Waals surface area (Å²) in [4.78, 5) is 25.2. The summed E-state index contributed by atoms with van der Waals surface area (Å²) in [5.74, 6) is -0.356. The molecule has 7 heteroatoms. The Labute approximate surface area is 162 Å². The van der Waals surface area contributed by atoms with E-state index in [1.54, 1.807) is 29.2 Å². The lowest BCUT2D eigenvalue weighted by atomic mass is 10.2. The van der Waals surface area contributed by atoms with Crippen LogP contribution in [0, 0.1) is 5.82 Å². The van der Waals surface area contributed by atoms with Crippen LogP contribution < -0.4 is 10.2 Å². The standard InChI is InChI=1S/C21H20FN5O/c22-17-8-4-5-9-18(17)24-21-23-11-10-19(25-21)20(28)27-14-12-26(13-15-27)16-6-2-1-3-7-16/h1-11H,12-15H2,(H,23,24,25). The monoisotopic (exact) mass is 377 g/mol. The van der Waals surface area contributed by atoms with E-state index >= 15 is 0 Å². The Hall–Kier alpha value is -3.48. The molecule has 4 rings (SSSR count). The van der Waals surface area contributed by atoms with Crippen LogP contribution in [0.2, 0.25) is 0 Å². The fraction of sp³-hybridized carbons (Fsp3) is 0.190. The minimum Gasteiger partial charge on any atom is -0.368 e. The van der Waals surface area contributed by atoms with Crippen molar-refractivity contribution in [1.29, 1.82) is 0 Å². The average Bonchev–Trinajstić information content (AvgIpc) is 2.76. The van der Waals surface area contributed by atoms with Crippen LogP contribution in [0.5, 0.6) is 0 Å². The molecule has 1 aliphatic rings. The van der Waals surface area contributed by atoms with Crippen LogP contribution in [0.4, 0.5) is 21.7 Å². The van der Waals surface area contributed by atoms with Gasteiger partial charge in [-0.2, -0.15) is 0 Å². The predicted molar refractivity (Wildman–Crippen MR) is 106 cm³/mol. The van der Waals surface area contributed by atoms with Gasteiger partial charge in [0.1, 0.15) is 11.5 Å². The summed E-state index contributed by atoms with van der Waals surface area (Å²) in [5, 5.41) is 2.82. The number of para-hydroxylation sites is 2. The van der Waals surface area contributed by atoms with Gasteiger partial charge in [-0.05, 0) is 30.3 Å². The first-order chi connectivity index (χ1) is 13.7. The van der Waals surface area contributed by atoms with Crippen molar-refractivity contribution in [3.05, 3.63) is 78.4 Å². The van der Waals surface area contributed by atoms with E-state index in [2.05, 4.69) is 32.3 Å². The Morgan fingerprint density at radius 2 is 1.64 bits per heavy atom. The molecule has 1 saturated heterocycles. The zero-order valence-corrected chi connectivity index (χ0v) is 15.3. The minimum absolute atomic E-state index is 0.147. The smallest absolute Gasteiger partial charge is 0.272 e. The predicted octanol–water partition coefficient (Wildman–Crippen LogP) is 3.32. The molecule has 0 unspecified atom stereocenters. The van der Waals surface area contributed by atoms with E-state index < -0.39 is 5.82 Å². The molecule has 1 fully saturated rings. The second-order valence-electron chi connectivity index (χ2n) is 6.49. The summed E-state index contributed by atoms with van der Waals surface area (Å²) in [5.41, 5.74) is 1.72. The van der Waals surface area contributed by atoms with Crippen LogP contribution in [-0.4, -0.2) is 47.0 Å². The number of rotatable bonds is 4. The topological polar surface area (TPSA) is 61.4 Å². The number of aromatic nitrogens is 2. The molecule has 1 amide bonds. The van der Waals surface area contributed by atoms with E-state index in [1.165, 1.54) is 12.3 Å². The maximum absolute atomic E-state index is 13.8. The summed E-state index contributed by atoms with van der Waals surface area (Å²) in [7, 11) is 0. The van der Waals surface area contributed by atoms with Crippen molar-refractivity contribution in [1.82, 2.24) is 14.9 Å². The van der Waals surface area contributed by atoms with Crippen LogP contribution in [-0.2, 0) is 0 Å². The maximum Gasteiger partial charge on any atom is 0.272 e. The maximum atomic E-state index is 13.8. The van der Waals surface area contributed by atoms with Gasteiger partial charge in [-0.3, -0.25) is 4.79 Å². The third kappa shape index (κ3) is 3.93. The summed E-state index contributed by atoms with van der Waals surface area (Å²) < 4.78 is 13.8. The van der Waals surface area contributed by atoms with E-state index in [-0.39, 0.29) is 17.5 Å². The van der Waals surface area contributed by atoms with Crippen molar-refractivity contribution in [2.75, 3.05) is 36.4 Å². The summed E-state index contributed by atoms with van der Waals surface area (Å²) in [6, 6.07) is 18.0. The Kier molecular flexibility index (Phi) is 5.14. The highest BCUT2D eigenvalue weighted by Gasteiger charge is 2.23. The Morgan fingerprint density at radius 3 is 2.39 bits per heavy atom. The molecule has 3 aromatic rings. The Morgan fingerprint density at radius 1 is 0.929 bits per heavy atom. The zero-order valence-electron chi connectivity index (χ0n) is 15.3. The minimum atomic E-state index is -0.403. The van der Waals surface area contributed by atoms with E-state index in [4.69, 9.17) is 0 Å². The molecule has 142 valence electrons. The molecule has 0 radical (unpaired) electrons. The van der Waals surface area contributed by atoms with Gasteiger partial charge in [0.2, 0.25) is 5.95 Å². The van der Waals surface area contributed by atoms with Crippen molar-refractivity contribution in [2.24, 2.45) is 0 Å². The highest BCUT2D eigenvalue weighted by molar-refractivity contribution is 5.92. The fourth-order valence-corrected chi connectivity index (χ4v) is 3.19. The molecule has 0 bridgehead atoms. The second kappa shape index (κ2) is 8.04. The van der Waals surface area contributed by atoms with Crippen molar-refractivity contribution >= 4 is 23.2 Å². The van der Waals surface area contributed by atoms with Gasteiger partial charge in [0.25, 0.3) is 5.91 Å². The van der Waals surface area contributed by atoms with E-state index in [9.17, 15) is 9.18 Å². The summed E-state index contributed by atoms with van der Waals surface area (Å²) in [6.07, 6.45) is 1.50. The molecule has 1 aromatic heterocycles. The molecule has 0 saturated carbocycles. The normalized spacial score (nSPS) is 14.0. The number of amides is 1. The number of nitrogens with one attached hydrogen (secondary N) is 1. The first-order valence-corrected chi connectivity index (χ1v) is 9.14. The van der Waals surface area contributed by atoms with Crippen LogP contribution in [0.3, 0.4) is 0 Å². The van der Waals surface area contributed by atoms with Gasteiger partial charge < -0.3 is 15.1 Å². The average molecular weight is 377 g/mol. The van der Waals surface area contributed by atoms with Crippen LogP contribution in [0.1, 0.15) is 10.5 Å². The molecule has 0 atom stereocenters. The number of halogens is 1. The van der Waals surface area contributed by atoms with Gasteiger partial charge in [-0.15, -0.1) is 0 Å². The molecular formula is C21H20FN5O. The molecule has 28 heavy (non-hydrogen) atoms. The molecule has 0 spiro atoms. The fourth-order valence-electron chi connectivity index (χ4n) is 3.19. The summed E-state index contributed by atoms with van der Waals surface area (Å²) >= 11 is 0. The van der Waals surface area contributed by atoms with Gasteiger partial charge in [0.05, 0.1) is 5.69 Å². The van der Waals surface area contributed by atoms with Gasteiger partial charge in [0, 0.05) is 38.1 Å². The number of piperazine rings is 1. The molecule has 2 aromatic carbocycles. The first kappa shape index (κ1) is 17.9. The number of nitrogens with zero attached hydrogens (tertiary/aromatic N) is 4. The highest BCUT2D eigenvalue weighted by atomic mass is 19.1. The number of anilines is 3. The van der Waals surface area contributed by atoms with E-state index in [1.807, 2.05) is 18.2 Å². The number of benzene rings is 2. The van der Waals surface area contributed by atoms with Gasteiger partial charge >= 0.3 is 0 Å². The van der Waals surface area contributed by atoms with Crippen molar-refractivity contribution in [3.8, 4) is 0 Å². The summed E-state index contributed by atoms with van der Waals surface area (Å²) in [6.45, 7) is 2.77. The van der Waals surface area contributed by atoms with Crippen molar-refractivity contribution < 1.29 is 9.18 Å². The number of carbonyl (C=O) groups is 1. The highest BCUT2D eigenvalue weighted by Crippen LogP contribution is 2.18. The molecule has 6 nitrogen and oxygen atoms in total. The number of hydrogen-bond acceptors (Lipinski definition) is 5. The SMILES string of the molecule is O=C(c1ccnc(Nc2ccccc2F)n1)N1CCN(c2ccccc2)CC1. The van der Waals surface area contributed by atoms with Crippen molar-refractivity contribution in [3.63, 3.8) is 0 Å². The van der Waals surface area contributed by atoms with Gasteiger partial charge in [-0.1, -0.05) is 30.3 Å². The molecule has 0 aliphatic carbocycles. The Balaban J connectivity index is 1.42. The molecule has 1 N–H and O–H groups in total. The Bertz CT molecular complexity index is 958. The molecule has 2 heterocycles. The van der Waals surface area contributed by atoms with E-state index in [0.29, 0.717) is 18.8 Å². The lowest BCUT2D eigenvalue weighted by Crippen LogP contribution is -2.49. The lowest BCUT2D eigenvalue weighted by molar-refractivity contribution is 0.0741. The van der Waals surface area contributed by atoms with Crippen LogP contribution in [0.25, 0.3) is 0 Å². The quantitative estimate of drug-likeness (QED) is 0.756. The second-order valence-corrected chi connectivity index (χ2v) is 6.49. The molecule has 1 aliphatic heterocycles. The van der Waals surface area contributed by atoms with Crippen molar-refractivity contribution in [2.45, 2.75) is 0 Å². The van der Waals surface area contributed by atoms with Gasteiger partial charge in [-0.25, -0.2) is 14.4 Å². The van der Waals surface area contributed by atoms with Crippen LogP contribution in [0.15, 0.2) is 66.9 Å². The number of carbonyl (C=O) groups excluding carboxylic acids is 1. The third-order valence-electron chi connectivity index (χ3n) is 4.68. The van der Waals surface area contributed by atoms with Gasteiger partial charge in [0.15, 0.2) is 0 Å². The van der Waals surface area contributed by atoms with E-state index in [0.717, 1.165) is 18.8 Å². The largest absolute Gasteiger partial charge is 0.368 e. The zero-order chi connectivity index (χ0) is 19.3. The molecular weight excluding hydrogens is 357 g/mol. The third-order valence-corrected chi connectivity index (χ3v) is 4.68.